The summed E-state index contributed by atoms with van der Waals surface area (Å²) in [5.74, 6) is -0.849. The number of nitrogens with zero attached hydrogens (tertiary/aromatic N) is 2. The van der Waals surface area contributed by atoms with Gasteiger partial charge in [-0.1, -0.05) is 19.9 Å². The minimum atomic E-state index is -0.931. The average Bonchev–Trinajstić information content (AvgIpc) is 2.72. The van der Waals surface area contributed by atoms with E-state index in [-0.39, 0.29) is 11.5 Å². The van der Waals surface area contributed by atoms with E-state index in [1.54, 1.807) is 10.9 Å². The quantitative estimate of drug-likeness (QED) is 0.918. The summed E-state index contributed by atoms with van der Waals surface area (Å²) in [6.07, 6.45) is 1.59. The Labute approximate surface area is 112 Å². The SMILES string of the molecule is Cc1cc(C)cc(-n2cc(C(=O)O)c(C(C)C)n2)c1. The van der Waals surface area contributed by atoms with Crippen LogP contribution in [-0.2, 0) is 0 Å². The number of hydrogen-bond donors (Lipinski definition) is 1. The highest BCUT2D eigenvalue weighted by atomic mass is 16.4. The van der Waals surface area contributed by atoms with Crippen LogP contribution in [0.15, 0.2) is 24.4 Å². The van der Waals surface area contributed by atoms with E-state index in [0.717, 1.165) is 16.8 Å². The molecule has 0 amide bonds. The van der Waals surface area contributed by atoms with E-state index in [0.29, 0.717) is 5.69 Å². The Morgan fingerprint density at radius 3 is 2.21 bits per heavy atom. The zero-order valence-electron chi connectivity index (χ0n) is 11.6. The molecule has 4 nitrogen and oxygen atoms in total. The van der Waals surface area contributed by atoms with Gasteiger partial charge < -0.3 is 5.11 Å². The zero-order valence-corrected chi connectivity index (χ0v) is 11.6. The largest absolute Gasteiger partial charge is 0.478 e. The summed E-state index contributed by atoms with van der Waals surface area (Å²) >= 11 is 0. The highest BCUT2D eigenvalue weighted by molar-refractivity contribution is 5.89. The molecule has 0 saturated carbocycles. The van der Waals surface area contributed by atoms with E-state index in [1.165, 1.54) is 0 Å². The van der Waals surface area contributed by atoms with E-state index < -0.39 is 5.97 Å². The van der Waals surface area contributed by atoms with Crippen molar-refractivity contribution in [3.63, 3.8) is 0 Å². The Morgan fingerprint density at radius 1 is 1.21 bits per heavy atom. The summed E-state index contributed by atoms with van der Waals surface area (Å²) in [6.45, 7) is 7.92. The minimum Gasteiger partial charge on any atom is -0.478 e. The maximum absolute atomic E-state index is 11.3. The lowest BCUT2D eigenvalue weighted by molar-refractivity contribution is 0.0695. The van der Waals surface area contributed by atoms with E-state index >= 15 is 0 Å². The van der Waals surface area contributed by atoms with E-state index in [9.17, 15) is 9.90 Å². The van der Waals surface area contributed by atoms with Crippen LogP contribution in [0.2, 0.25) is 0 Å². The Kier molecular flexibility index (Phi) is 3.42. The van der Waals surface area contributed by atoms with Crippen LogP contribution in [0, 0.1) is 13.8 Å². The maximum atomic E-state index is 11.3. The lowest BCUT2D eigenvalue weighted by Gasteiger charge is -2.05. The van der Waals surface area contributed by atoms with Crippen molar-refractivity contribution >= 4 is 5.97 Å². The first-order valence-corrected chi connectivity index (χ1v) is 6.30. The van der Waals surface area contributed by atoms with E-state index in [4.69, 9.17) is 0 Å². The number of benzene rings is 1. The van der Waals surface area contributed by atoms with Gasteiger partial charge in [-0.2, -0.15) is 5.10 Å². The van der Waals surface area contributed by atoms with Crippen molar-refractivity contribution in [3.8, 4) is 5.69 Å². The molecule has 1 aromatic heterocycles. The van der Waals surface area contributed by atoms with Gasteiger partial charge in [-0.15, -0.1) is 0 Å². The van der Waals surface area contributed by atoms with Crippen LogP contribution < -0.4 is 0 Å². The molecule has 1 aromatic carbocycles. The third-order valence-corrected chi connectivity index (χ3v) is 2.99. The van der Waals surface area contributed by atoms with Gasteiger partial charge in [-0.3, -0.25) is 0 Å². The summed E-state index contributed by atoms with van der Waals surface area (Å²) in [5, 5.41) is 13.6. The molecule has 0 unspecified atom stereocenters. The van der Waals surface area contributed by atoms with Gasteiger partial charge in [0.1, 0.15) is 5.56 Å². The lowest BCUT2D eigenvalue weighted by Crippen LogP contribution is -2.01. The fourth-order valence-electron chi connectivity index (χ4n) is 2.19. The molecule has 2 aromatic rings. The summed E-state index contributed by atoms with van der Waals surface area (Å²) < 4.78 is 1.65. The smallest absolute Gasteiger partial charge is 0.339 e. The number of hydrogen-bond acceptors (Lipinski definition) is 2. The Morgan fingerprint density at radius 2 is 1.79 bits per heavy atom. The standard InChI is InChI=1S/C15H18N2O2/c1-9(2)14-13(15(18)19)8-17(16-14)12-6-10(3)5-11(4)7-12/h5-9H,1-4H3,(H,18,19). The Balaban J connectivity index is 2.57. The Bertz CT molecular complexity index is 607. The van der Waals surface area contributed by atoms with Crippen LogP contribution in [0.1, 0.15) is 46.9 Å². The summed E-state index contributed by atoms with van der Waals surface area (Å²) in [5.41, 5.74) is 4.05. The van der Waals surface area contributed by atoms with E-state index in [1.807, 2.05) is 39.8 Å². The molecule has 0 radical (unpaired) electrons. The highest BCUT2D eigenvalue weighted by Crippen LogP contribution is 2.21. The van der Waals surface area contributed by atoms with Gasteiger partial charge in [0, 0.05) is 6.20 Å². The van der Waals surface area contributed by atoms with Crippen LogP contribution in [-0.4, -0.2) is 20.9 Å². The molecule has 1 heterocycles. The van der Waals surface area contributed by atoms with Crippen LogP contribution in [0.5, 0.6) is 0 Å². The van der Waals surface area contributed by atoms with Crippen LogP contribution in [0.4, 0.5) is 0 Å². The third-order valence-electron chi connectivity index (χ3n) is 2.99. The highest BCUT2D eigenvalue weighted by Gasteiger charge is 2.18. The molecule has 0 atom stereocenters. The number of aromatic carboxylic acids is 1. The predicted molar refractivity (Wildman–Crippen MR) is 74.1 cm³/mol. The van der Waals surface area contributed by atoms with Gasteiger partial charge in [0.05, 0.1) is 11.4 Å². The van der Waals surface area contributed by atoms with Crippen molar-refractivity contribution in [1.82, 2.24) is 9.78 Å². The molecule has 0 bridgehead atoms. The van der Waals surface area contributed by atoms with Crippen LogP contribution in [0.25, 0.3) is 5.69 Å². The second-order valence-corrected chi connectivity index (χ2v) is 5.18. The Hall–Kier alpha value is -2.10. The molecule has 100 valence electrons. The first kappa shape index (κ1) is 13.3. The molecule has 4 heteroatoms. The molecular weight excluding hydrogens is 240 g/mol. The summed E-state index contributed by atoms with van der Waals surface area (Å²) in [7, 11) is 0. The molecule has 0 spiro atoms. The number of aryl methyl sites for hydroxylation is 2. The average molecular weight is 258 g/mol. The summed E-state index contributed by atoms with van der Waals surface area (Å²) in [4.78, 5) is 11.3. The van der Waals surface area contributed by atoms with Crippen molar-refractivity contribution < 1.29 is 9.90 Å². The van der Waals surface area contributed by atoms with Gasteiger partial charge in [0.25, 0.3) is 0 Å². The predicted octanol–water partition coefficient (Wildman–Crippen LogP) is 3.31. The van der Waals surface area contributed by atoms with Crippen molar-refractivity contribution in [3.05, 3.63) is 46.8 Å². The van der Waals surface area contributed by atoms with Crippen LogP contribution >= 0.6 is 0 Å². The number of aromatic nitrogens is 2. The third kappa shape index (κ3) is 2.67. The van der Waals surface area contributed by atoms with Crippen LogP contribution in [0.3, 0.4) is 0 Å². The summed E-state index contributed by atoms with van der Waals surface area (Å²) in [6, 6.07) is 6.07. The minimum absolute atomic E-state index is 0.0817. The number of rotatable bonds is 3. The van der Waals surface area contributed by atoms with Gasteiger partial charge in [0.2, 0.25) is 0 Å². The zero-order chi connectivity index (χ0) is 14.2. The second kappa shape index (κ2) is 4.88. The van der Waals surface area contributed by atoms with Crippen molar-refractivity contribution in [2.75, 3.05) is 0 Å². The van der Waals surface area contributed by atoms with Gasteiger partial charge in [-0.05, 0) is 43.0 Å². The van der Waals surface area contributed by atoms with Gasteiger partial charge >= 0.3 is 5.97 Å². The lowest BCUT2D eigenvalue weighted by atomic mass is 10.1. The molecule has 0 fully saturated rings. The molecule has 0 saturated heterocycles. The molecular formula is C15H18N2O2. The topological polar surface area (TPSA) is 55.1 Å². The second-order valence-electron chi connectivity index (χ2n) is 5.18. The molecule has 0 aliphatic rings. The van der Waals surface area contributed by atoms with Crippen molar-refractivity contribution in [1.29, 1.82) is 0 Å². The molecule has 19 heavy (non-hydrogen) atoms. The molecule has 2 rings (SSSR count). The van der Waals surface area contributed by atoms with Crippen molar-refractivity contribution in [2.45, 2.75) is 33.6 Å². The first-order valence-electron chi connectivity index (χ1n) is 6.30. The van der Waals surface area contributed by atoms with Crippen molar-refractivity contribution in [2.24, 2.45) is 0 Å². The normalized spacial score (nSPS) is 11.0. The number of carbonyl (C=O) groups is 1. The number of carboxylic acid groups (broad SMARTS) is 1. The first-order chi connectivity index (χ1) is 8.88. The molecule has 0 aliphatic carbocycles. The fourth-order valence-corrected chi connectivity index (χ4v) is 2.19. The molecule has 1 N–H and O–H groups in total. The maximum Gasteiger partial charge on any atom is 0.339 e. The van der Waals surface area contributed by atoms with Gasteiger partial charge in [0.15, 0.2) is 0 Å². The van der Waals surface area contributed by atoms with Gasteiger partial charge in [-0.25, -0.2) is 9.48 Å². The fraction of sp³-hybridized carbons (Fsp3) is 0.333. The molecule has 0 aliphatic heterocycles. The monoisotopic (exact) mass is 258 g/mol. The number of carboxylic acids is 1. The van der Waals surface area contributed by atoms with E-state index in [2.05, 4.69) is 11.2 Å².